The molecule has 0 bridgehead atoms. The van der Waals surface area contributed by atoms with Gasteiger partial charge in [0.25, 0.3) is 5.91 Å². The van der Waals surface area contributed by atoms with Gasteiger partial charge >= 0.3 is 0 Å². The van der Waals surface area contributed by atoms with E-state index in [4.69, 9.17) is 4.74 Å². The van der Waals surface area contributed by atoms with Gasteiger partial charge in [0.2, 0.25) is 0 Å². The summed E-state index contributed by atoms with van der Waals surface area (Å²) in [6.45, 7) is 0.0605. The number of carbonyl (C=O) groups is 1. The maximum atomic E-state index is 14.7. The Morgan fingerprint density at radius 2 is 1.72 bits per heavy atom. The molecule has 1 amide bonds. The van der Waals surface area contributed by atoms with Gasteiger partial charge in [0.15, 0.2) is 5.72 Å². The number of nitrogens with zero attached hydrogens (tertiary/aromatic N) is 1. The fraction of sp³-hybridized carbons (Fsp3) is 0.174. The molecule has 1 aliphatic rings. The Kier molecular flexibility index (Phi) is 4.80. The van der Waals surface area contributed by atoms with E-state index in [0.29, 0.717) is 17.7 Å². The molecule has 0 aromatic heterocycles. The van der Waals surface area contributed by atoms with Crippen LogP contribution in [0.25, 0.3) is 0 Å². The van der Waals surface area contributed by atoms with Crippen molar-refractivity contribution < 1.29 is 23.4 Å². The van der Waals surface area contributed by atoms with Gasteiger partial charge in [-0.05, 0) is 36.2 Å². The first kappa shape index (κ1) is 19.1. The number of benzene rings is 3. The van der Waals surface area contributed by atoms with Crippen LogP contribution < -0.4 is 4.74 Å². The van der Waals surface area contributed by atoms with Crippen LogP contribution in [-0.2, 0) is 12.1 Å². The Morgan fingerprint density at radius 1 is 1.00 bits per heavy atom. The third-order valence-corrected chi connectivity index (χ3v) is 5.24. The van der Waals surface area contributed by atoms with Crippen LogP contribution >= 0.6 is 0 Å². The predicted molar refractivity (Wildman–Crippen MR) is 104 cm³/mol. The zero-order valence-corrected chi connectivity index (χ0v) is 15.7. The molecule has 0 fully saturated rings. The summed E-state index contributed by atoms with van der Waals surface area (Å²) in [5.74, 6) is -1.77. The second-order valence-electron chi connectivity index (χ2n) is 6.88. The van der Waals surface area contributed by atoms with Crippen LogP contribution in [-0.4, -0.2) is 29.6 Å². The van der Waals surface area contributed by atoms with E-state index >= 15 is 0 Å². The lowest BCUT2D eigenvalue weighted by atomic mass is 9.93. The summed E-state index contributed by atoms with van der Waals surface area (Å²) in [7, 11) is 1.56. The van der Waals surface area contributed by atoms with Crippen molar-refractivity contribution in [1.29, 1.82) is 0 Å². The number of halogens is 2. The lowest BCUT2D eigenvalue weighted by Gasteiger charge is -2.35. The molecule has 148 valence electrons. The molecule has 3 aromatic rings. The van der Waals surface area contributed by atoms with Gasteiger partial charge in [-0.1, -0.05) is 42.5 Å². The fourth-order valence-electron chi connectivity index (χ4n) is 3.82. The maximum Gasteiger partial charge on any atom is 0.260 e. The van der Waals surface area contributed by atoms with Gasteiger partial charge < -0.3 is 14.7 Å². The van der Waals surface area contributed by atoms with Crippen LogP contribution in [0.1, 0.15) is 27.0 Å². The topological polar surface area (TPSA) is 49.8 Å². The first-order valence-corrected chi connectivity index (χ1v) is 9.18. The number of fused-ring (bicyclic) bond motifs is 1. The van der Waals surface area contributed by atoms with Crippen molar-refractivity contribution in [2.45, 2.75) is 12.1 Å². The van der Waals surface area contributed by atoms with Gasteiger partial charge in [-0.25, -0.2) is 8.78 Å². The number of aliphatic hydroxyl groups is 1. The van der Waals surface area contributed by atoms with E-state index in [0.717, 1.165) is 22.6 Å². The number of carbonyl (C=O) groups excluding carboxylic acids is 1. The van der Waals surface area contributed by atoms with Gasteiger partial charge in [-0.2, -0.15) is 0 Å². The Balaban J connectivity index is 1.79. The minimum Gasteiger partial charge on any atom is -0.497 e. The van der Waals surface area contributed by atoms with E-state index < -0.39 is 28.8 Å². The SMILES string of the molecule is COc1cccc(CCN2C(=O)c3c(F)ccc(F)c3C2(O)c2ccccc2)c1. The molecule has 3 aromatic carbocycles. The normalized spacial score (nSPS) is 18.1. The molecule has 1 heterocycles. The van der Waals surface area contributed by atoms with Crippen LogP contribution in [0.15, 0.2) is 66.7 Å². The molecule has 1 unspecified atom stereocenters. The summed E-state index contributed by atoms with van der Waals surface area (Å²) in [5.41, 5.74) is -1.72. The Hall–Kier alpha value is -3.25. The first-order valence-electron chi connectivity index (χ1n) is 9.18. The fourth-order valence-corrected chi connectivity index (χ4v) is 3.82. The summed E-state index contributed by atoms with van der Waals surface area (Å²) >= 11 is 0. The van der Waals surface area contributed by atoms with Gasteiger partial charge in [0.05, 0.1) is 18.2 Å². The summed E-state index contributed by atoms with van der Waals surface area (Å²) in [6.07, 6.45) is 0.370. The lowest BCUT2D eigenvalue weighted by molar-refractivity contribution is -0.0513. The predicted octanol–water partition coefficient (Wildman–Crippen LogP) is 3.87. The van der Waals surface area contributed by atoms with Gasteiger partial charge in [0.1, 0.15) is 17.4 Å². The maximum absolute atomic E-state index is 14.7. The highest BCUT2D eigenvalue weighted by Crippen LogP contribution is 2.44. The number of ether oxygens (including phenoxy) is 1. The highest BCUT2D eigenvalue weighted by atomic mass is 19.1. The molecule has 0 saturated heterocycles. The average molecular weight is 395 g/mol. The van der Waals surface area contributed by atoms with E-state index in [1.54, 1.807) is 43.5 Å². The van der Waals surface area contributed by atoms with E-state index in [1.807, 2.05) is 18.2 Å². The van der Waals surface area contributed by atoms with E-state index in [2.05, 4.69) is 0 Å². The van der Waals surface area contributed by atoms with Crippen molar-refractivity contribution in [2.75, 3.05) is 13.7 Å². The number of methoxy groups -OCH3 is 1. The highest BCUT2D eigenvalue weighted by Gasteiger charge is 2.52. The molecular formula is C23H19F2NO3. The summed E-state index contributed by atoms with van der Waals surface area (Å²) in [4.78, 5) is 14.2. The molecule has 1 aliphatic heterocycles. The third-order valence-electron chi connectivity index (χ3n) is 5.24. The molecule has 0 spiro atoms. The zero-order valence-electron chi connectivity index (χ0n) is 15.7. The van der Waals surface area contributed by atoms with Crippen LogP contribution in [0, 0.1) is 11.6 Å². The first-order chi connectivity index (χ1) is 14.0. The van der Waals surface area contributed by atoms with Gasteiger partial charge in [-0.15, -0.1) is 0 Å². The molecule has 0 saturated carbocycles. The van der Waals surface area contributed by atoms with Crippen LogP contribution in [0.5, 0.6) is 5.75 Å². The van der Waals surface area contributed by atoms with Crippen LogP contribution in [0.4, 0.5) is 8.78 Å². The zero-order chi connectivity index (χ0) is 20.6. The molecule has 29 heavy (non-hydrogen) atoms. The quantitative estimate of drug-likeness (QED) is 0.714. The van der Waals surface area contributed by atoms with Crippen molar-refractivity contribution in [2.24, 2.45) is 0 Å². The highest BCUT2D eigenvalue weighted by molar-refractivity contribution is 6.00. The van der Waals surface area contributed by atoms with Gasteiger partial charge in [0, 0.05) is 12.1 Å². The molecule has 4 rings (SSSR count). The Morgan fingerprint density at radius 3 is 2.45 bits per heavy atom. The molecule has 0 aliphatic carbocycles. The van der Waals surface area contributed by atoms with Crippen LogP contribution in [0.2, 0.25) is 0 Å². The van der Waals surface area contributed by atoms with Crippen molar-refractivity contribution in [3.8, 4) is 5.75 Å². The van der Waals surface area contributed by atoms with Gasteiger partial charge in [-0.3, -0.25) is 4.79 Å². The summed E-state index contributed by atoms with van der Waals surface area (Å²) < 4.78 is 34.4. The monoisotopic (exact) mass is 395 g/mol. The average Bonchev–Trinajstić information content (AvgIpc) is 2.99. The van der Waals surface area contributed by atoms with E-state index in [-0.39, 0.29) is 12.1 Å². The van der Waals surface area contributed by atoms with Crippen molar-refractivity contribution in [3.63, 3.8) is 0 Å². The third kappa shape index (κ3) is 3.06. The largest absolute Gasteiger partial charge is 0.497 e. The molecule has 6 heteroatoms. The minimum absolute atomic E-state index is 0.0605. The molecule has 1 atom stereocenters. The second-order valence-corrected chi connectivity index (χ2v) is 6.88. The summed E-state index contributed by atoms with van der Waals surface area (Å²) in [6, 6.07) is 17.4. The molecule has 1 N–H and O–H groups in total. The number of rotatable bonds is 5. The molecular weight excluding hydrogens is 376 g/mol. The van der Waals surface area contributed by atoms with Crippen molar-refractivity contribution in [1.82, 2.24) is 4.90 Å². The minimum atomic E-state index is -2.10. The summed E-state index contributed by atoms with van der Waals surface area (Å²) in [5, 5.41) is 11.6. The van der Waals surface area contributed by atoms with Crippen molar-refractivity contribution in [3.05, 3.63) is 101 Å². The molecule has 4 nitrogen and oxygen atoms in total. The van der Waals surface area contributed by atoms with E-state index in [9.17, 15) is 18.7 Å². The second kappa shape index (κ2) is 7.29. The number of amides is 1. The number of hydrogen-bond donors (Lipinski definition) is 1. The molecule has 0 radical (unpaired) electrons. The smallest absolute Gasteiger partial charge is 0.260 e. The standard InChI is InChI=1S/C23H19F2NO3/c1-29-17-9-5-6-15(14-17)12-13-26-22(27)20-18(24)10-11-19(25)21(20)23(26,28)16-7-3-2-4-8-16/h2-11,14,28H,12-13H2,1H3. The van der Waals surface area contributed by atoms with Crippen LogP contribution in [0.3, 0.4) is 0 Å². The Bertz CT molecular complexity index is 1070. The van der Waals surface area contributed by atoms with E-state index in [1.165, 1.54) is 0 Å². The lowest BCUT2D eigenvalue weighted by Crippen LogP contribution is -2.46. The van der Waals surface area contributed by atoms with Crippen molar-refractivity contribution >= 4 is 5.91 Å². The number of hydrogen-bond acceptors (Lipinski definition) is 3. The Labute approximate surface area is 167 Å².